The van der Waals surface area contributed by atoms with Crippen LogP contribution in [0.1, 0.15) is 92.3 Å². The van der Waals surface area contributed by atoms with Gasteiger partial charge in [0.2, 0.25) is 0 Å². The number of carbonyl (C=O) groups excluding carboxylic acids is 2. The normalized spacial score (nSPS) is 22.0. The van der Waals surface area contributed by atoms with Crippen molar-refractivity contribution in [1.82, 2.24) is 19.5 Å². The fraction of sp³-hybridized carbons (Fsp3) is 0.714. The Morgan fingerprint density at radius 2 is 1.65 bits per heavy atom. The molecule has 2 fully saturated rings. The predicted molar refractivity (Wildman–Crippen MR) is 143 cm³/mol. The van der Waals surface area contributed by atoms with E-state index in [4.69, 9.17) is 14.5 Å². The van der Waals surface area contributed by atoms with Crippen LogP contribution in [0.4, 0.5) is 15.4 Å². The maximum Gasteiger partial charge on any atom is 0.416 e. The minimum Gasteiger partial charge on any atom is -0.444 e. The molecule has 0 radical (unpaired) electrons. The first-order valence-corrected chi connectivity index (χ1v) is 13.6. The number of amides is 2. The van der Waals surface area contributed by atoms with Gasteiger partial charge in [-0.15, -0.1) is 0 Å². The van der Waals surface area contributed by atoms with E-state index in [1.54, 1.807) is 4.52 Å². The second-order valence-electron chi connectivity index (χ2n) is 12.8. The monoisotopic (exact) mass is 513 g/mol. The molecule has 2 amide bonds. The average molecular weight is 514 g/mol. The highest BCUT2D eigenvalue weighted by atomic mass is 16.6. The summed E-state index contributed by atoms with van der Waals surface area (Å²) in [5, 5.41) is 4.68. The largest absolute Gasteiger partial charge is 0.444 e. The van der Waals surface area contributed by atoms with Crippen LogP contribution in [0.5, 0.6) is 0 Å². The molecule has 1 saturated heterocycles. The van der Waals surface area contributed by atoms with E-state index in [-0.39, 0.29) is 29.9 Å². The number of aryl methyl sites for hydroxylation is 1. The third kappa shape index (κ3) is 5.70. The smallest absolute Gasteiger partial charge is 0.416 e. The van der Waals surface area contributed by atoms with Gasteiger partial charge in [-0.25, -0.2) is 14.6 Å². The van der Waals surface area contributed by atoms with E-state index in [1.165, 1.54) is 0 Å². The molecule has 1 saturated carbocycles. The summed E-state index contributed by atoms with van der Waals surface area (Å²) < 4.78 is 13.4. The van der Waals surface area contributed by atoms with Crippen molar-refractivity contribution in [3.05, 3.63) is 23.5 Å². The van der Waals surface area contributed by atoms with Crippen LogP contribution < -0.4 is 4.90 Å². The summed E-state index contributed by atoms with van der Waals surface area (Å²) in [6.45, 7) is 18.7. The molecule has 1 aliphatic carbocycles. The zero-order valence-corrected chi connectivity index (χ0v) is 23.9. The van der Waals surface area contributed by atoms with Gasteiger partial charge in [0.05, 0.1) is 12.2 Å². The van der Waals surface area contributed by atoms with E-state index in [1.807, 2.05) is 63.6 Å². The minimum absolute atomic E-state index is 0.104. The Morgan fingerprint density at radius 3 is 2.16 bits per heavy atom. The van der Waals surface area contributed by atoms with Crippen LogP contribution in [0.15, 0.2) is 12.3 Å². The Labute approximate surface area is 220 Å². The van der Waals surface area contributed by atoms with Crippen LogP contribution in [0.25, 0.3) is 5.65 Å². The van der Waals surface area contributed by atoms with Crippen molar-refractivity contribution in [1.29, 1.82) is 0 Å². The molecule has 2 aliphatic rings. The van der Waals surface area contributed by atoms with Crippen molar-refractivity contribution in [3.63, 3.8) is 0 Å². The van der Waals surface area contributed by atoms with Crippen molar-refractivity contribution in [2.24, 2.45) is 11.8 Å². The number of rotatable bonds is 4. The molecule has 204 valence electrons. The lowest BCUT2D eigenvalue weighted by atomic mass is 9.91. The molecule has 0 spiro atoms. The fourth-order valence-electron chi connectivity index (χ4n) is 5.54. The van der Waals surface area contributed by atoms with E-state index < -0.39 is 17.3 Å². The van der Waals surface area contributed by atoms with Crippen molar-refractivity contribution >= 4 is 23.7 Å². The Bertz CT molecular complexity index is 1150. The number of carbonyl (C=O) groups is 2. The van der Waals surface area contributed by atoms with Crippen LogP contribution in [0.3, 0.4) is 0 Å². The summed E-state index contributed by atoms with van der Waals surface area (Å²) in [6, 6.07) is 1.85. The molecular formula is C28H43N5O4. The van der Waals surface area contributed by atoms with Crippen LogP contribution in [-0.2, 0) is 15.9 Å². The fourth-order valence-corrected chi connectivity index (χ4v) is 5.54. The molecule has 0 N–H and O–H groups in total. The SMILES string of the molecule is CCc1cc(N(C(=O)OC(C)(C)C)C2C3CCC2CN(C(=O)OC(C)(C)C)C3)n2ncc(C(C)C)c2n1. The van der Waals surface area contributed by atoms with Gasteiger partial charge in [-0.2, -0.15) is 9.61 Å². The van der Waals surface area contributed by atoms with Crippen molar-refractivity contribution < 1.29 is 19.1 Å². The third-order valence-corrected chi connectivity index (χ3v) is 7.09. The molecule has 2 unspecified atom stereocenters. The number of anilines is 1. The maximum atomic E-state index is 13.9. The summed E-state index contributed by atoms with van der Waals surface area (Å²) >= 11 is 0. The number of nitrogens with zero attached hydrogens (tertiary/aromatic N) is 5. The number of hydrogen-bond acceptors (Lipinski definition) is 6. The van der Waals surface area contributed by atoms with Crippen LogP contribution >= 0.6 is 0 Å². The second kappa shape index (κ2) is 9.80. The molecule has 1 aliphatic heterocycles. The molecule has 2 bridgehead atoms. The first kappa shape index (κ1) is 27.2. The number of likely N-dealkylation sites (tertiary alicyclic amines) is 1. The van der Waals surface area contributed by atoms with Crippen molar-refractivity contribution in [3.8, 4) is 0 Å². The van der Waals surface area contributed by atoms with E-state index in [0.717, 1.165) is 36.2 Å². The van der Waals surface area contributed by atoms with Crippen LogP contribution in [-0.4, -0.2) is 62.0 Å². The first-order valence-electron chi connectivity index (χ1n) is 13.6. The number of ether oxygens (including phenoxy) is 2. The lowest BCUT2D eigenvalue weighted by molar-refractivity contribution is 0.0119. The van der Waals surface area contributed by atoms with Crippen LogP contribution in [0.2, 0.25) is 0 Å². The van der Waals surface area contributed by atoms with Gasteiger partial charge < -0.3 is 14.4 Å². The molecule has 2 aromatic heterocycles. The molecule has 9 nitrogen and oxygen atoms in total. The highest BCUT2D eigenvalue weighted by Crippen LogP contribution is 2.43. The van der Waals surface area contributed by atoms with E-state index in [0.29, 0.717) is 18.9 Å². The number of hydrogen-bond donors (Lipinski definition) is 0. The maximum absolute atomic E-state index is 13.9. The van der Waals surface area contributed by atoms with Crippen molar-refractivity contribution in [2.45, 2.75) is 105 Å². The molecule has 2 atom stereocenters. The minimum atomic E-state index is -0.654. The molecular weight excluding hydrogens is 470 g/mol. The highest BCUT2D eigenvalue weighted by molar-refractivity contribution is 5.88. The van der Waals surface area contributed by atoms with Gasteiger partial charge in [-0.05, 0) is 78.6 Å². The standard InChI is InChI=1S/C28H43N5O4/c1-10-20-13-22(33-24(30-20)21(14-29-33)17(2)3)32(26(35)37-28(7,8)9)23-18-11-12-19(23)16-31(15-18)25(34)36-27(4,5)6/h13-14,17-19,23H,10-12,15-16H2,1-9H3. The number of piperidine rings is 1. The highest BCUT2D eigenvalue weighted by Gasteiger charge is 2.50. The van der Waals surface area contributed by atoms with Gasteiger partial charge in [0.15, 0.2) is 5.65 Å². The molecule has 4 rings (SSSR count). The van der Waals surface area contributed by atoms with Gasteiger partial charge in [0.25, 0.3) is 0 Å². The van der Waals surface area contributed by atoms with E-state index >= 15 is 0 Å². The summed E-state index contributed by atoms with van der Waals surface area (Å²) in [6.07, 6.45) is 3.76. The summed E-state index contributed by atoms with van der Waals surface area (Å²) in [5.41, 5.74) is 1.51. The van der Waals surface area contributed by atoms with Gasteiger partial charge in [-0.3, -0.25) is 4.90 Å². The average Bonchev–Trinajstić information content (AvgIpc) is 3.29. The second-order valence-corrected chi connectivity index (χ2v) is 12.8. The van der Waals surface area contributed by atoms with Crippen molar-refractivity contribution in [2.75, 3.05) is 18.0 Å². The predicted octanol–water partition coefficient (Wildman–Crippen LogP) is 5.80. The summed E-state index contributed by atoms with van der Waals surface area (Å²) in [7, 11) is 0. The quantitative estimate of drug-likeness (QED) is 0.513. The van der Waals surface area contributed by atoms with Gasteiger partial charge in [0.1, 0.15) is 17.0 Å². The van der Waals surface area contributed by atoms with Gasteiger partial charge in [-0.1, -0.05) is 20.8 Å². The zero-order chi connectivity index (χ0) is 27.3. The third-order valence-electron chi connectivity index (χ3n) is 7.09. The van der Waals surface area contributed by atoms with Gasteiger partial charge >= 0.3 is 12.2 Å². The van der Waals surface area contributed by atoms with Crippen LogP contribution in [0, 0.1) is 11.8 Å². The number of fused-ring (bicyclic) bond motifs is 3. The Morgan fingerprint density at radius 1 is 1.05 bits per heavy atom. The molecule has 2 aromatic rings. The van der Waals surface area contributed by atoms with E-state index in [9.17, 15) is 9.59 Å². The molecule has 0 aromatic carbocycles. The number of aromatic nitrogens is 3. The van der Waals surface area contributed by atoms with E-state index in [2.05, 4.69) is 25.9 Å². The lowest BCUT2D eigenvalue weighted by Crippen LogP contribution is -2.57. The molecule has 9 heteroatoms. The topological polar surface area (TPSA) is 89.3 Å². The Balaban J connectivity index is 1.77. The molecule has 37 heavy (non-hydrogen) atoms. The first-order chi connectivity index (χ1) is 17.2. The Kier molecular flexibility index (Phi) is 7.20. The van der Waals surface area contributed by atoms with Gasteiger partial charge in [0, 0.05) is 30.4 Å². The lowest BCUT2D eigenvalue weighted by Gasteiger charge is -2.43. The molecule has 3 heterocycles. The summed E-state index contributed by atoms with van der Waals surface area (Å²) in [5.74, 6) is 1.13. The Hall–Kier alpha value is -2.84. The summed E-state index contributed by atoms with van der Waals surface area (Å²) in [4.78, 5) is 35.3. The zero-order valence-electron chi connectivity index (χ0n) is 23.9.